The lowest BCUT2D eigenvalue weighted by molar-refractivity contribution is 0.0694. The number of pyridine rings is 1. The van der Waals surface area contributed by atoms with Gasteiger partial charge in [-0.25, -0.2) is 4.79 Å². The van der Waals surface area contributed by atoms with Crippen LogP contribution in [0, 0.1) is 3.57 Å². The molecule has 0 saturated heterocycles. The maximum atomic E-state index is 12.3. The van der Waals surface area contributed by atoms with Crippen LogP contribution in [0.15, 0.2) is 29.2 Å². The second-order valence-electron chi connectivity index (χ2n) is 5.59. The SMILES string of the molecule is CCCCCC(C)n1cc(C(=O)O)c(=O)c2ccc(I)cc21. The smallest absolute Gasteiger partial charge is 0.341 e. The quantitative estimate of drug-likeness (QED) is 0.563. The van der Waals surface area contributed by atoms with Crippen molar-refractivity contribution in [3.05, 3.63) is 43.8 Å². The van der Waals surface area contributed by atoms with Crippen LogP contribution in [0.4, 0.5) is 0 Å². The largest absolute Gasteiger partial charge is 0.477 e. The van der Waals surface area contributed by atoms with Crippen LogP contribution in [-0.4, -0.2) is 15.6 Å². The molecule has 0 spiro atoms. The van der Waals surface area contributed by atoms with E-state index in [4.69, 9.17) is 0 Å². The number of unbranched alkanes of at least 4 members (excludes halogenated alkanes) is 2. The summed E-state index contributed by atoms with van der Waals surface area (Å²) in [6.45, 7) is 4.23. The van der Waals surface area contributed by atoms with Crippen LogP contribution < -0.4 is 5.43 Å². The minimum Gasteiger partial charge on any atom is -0.477 e. The number of halogens is 1. The van der Waals surface area contributed by atoms with Crippen LogP contribution >= 0.6 is 22.6 Å². The van der Waals surface area contributed by atoms with Gasteiger partial charge in [-0.3, -0.25) is 4.79 Å². The monoisotopic (exact) mass is 413 g/mol. The van der Waals surface area contributed by atoms with Crippen molar-refractivity contribution in [1.82, 2.24) is 4.57 Å². The standard InChI is InChI=1S/C17H20INO3/c1-3-4-5-6-11(2)19-10-14(17(21)22)16(20)13-8-7-12(18)9-15(13)19/h7-11H,3-6H2,1-2H3,(H,21,22). The van der Waals surface area contributed by atoms with Crippen LogP contribution in [0.25, 0.3) is 10.9 Å². The van der Waals surface area contributed by atoms with Gasteiger partial charge in [0.25, 0.3) is 0 Å². The highest BCUT2D eigenvalue weighted by atomic mass is 127. The molecule has 0 bridgehead atoms. The normalized spacial score (nSPS) is 12.5. The molecule has 0 radical (unpaired) electrons. The van der Waals surface area contributed by atoms with Gasteiger partial charge in [-0.15, -0.1) is 0 Å². The van der Waals surface area contributed by atoms with Gasteiger partial charge in [0.1, 0.15) is 5.56 Å². The molecular formula is C17H20INO3. The molecule has 1 atom stereocenters. The zero-order valence-corrected chi connectivity index (χ0v) is 15.0. The molecule has 2 aromatic rings. The highest BCUT2D eigenvalue weighted by molar-refractivity contribution is 14.1. The van der Waals surface area contributed by atoms with E-state index in [9.17, 15) is 14.7 Å². The Morgan fingerprint density at radius 2 is 2.09 bits per heavy atom. The third-order valence-electron chi connectivity index (χ3n) is 3.93. The van der Waals surface area contributed by atoms with Gasteiger partial charge in [0.15, 0.2) is 0 Å². The molecule has 1 heterocycles. The molecule has 118 valence electrons. The predicted octanol–water partition coefficient (Wildman–Crippen LogP) is 4.45. The van der Waals surface area contributed by atoms with Gasteiger partial charge in [0.05, 0.1) is 5.52 Å². The number of carbonyl (C=O) groups is 1. The Bertz CT molecular complexity index is 751. The van der Waals surface area contributed by atoms with Crippen LogP contribution in [0.1, 0.15) is 55.9 Å². The van der Waals surface area contributed by atoms with E-state index in [0.717, 1.165) is 34.8 Å². The predicted molar refractivity (Wildman–Crippen MR) is 96.7 cm³/mol. The van der Waals surface area contributed by atoms with E-state index >= 15 is 0 Å². The Morgan fingerprint density at radius 3 is 2.73 bits per heavy atom. The number of rotatable bonds is 6. The summed E-state index contributed by atoms with van der Waals surface area (Å²) in [4.78, 5) is 23.7. The Labute approximate surface area is 143 Å². The maximum Gasteiger partial charge on any atom is 0.341 e. The fourth-order valence-corrected chi connectivity index (χ4v) is 3.14. The summed E-state index contributed by atoms with van der Waals surface area (Å²) < 4.78 is 2.97. The van der Waals surface area contributed by atoms with Gasteiger partial charge in [-0.05, 0) is 54.1 Å². The third kappa shape index (κ3) is 3.51. The zero-order chi connectivity index (χ0) is 16.3. The Balaban J connectivity index is 2.60. The fraction of sp³-hybridized carbons (Fsp3) is 0.412. The van der Waals surface area contributed by atoms with Crippen molar-refractivity contribution in [2.24, 2.45) is 0 Å². The van der Waals surface area contributed by atoms with Crippen LogP contribution in [0.5, 0.6) is 0 Å². The van der Waals surface area contributed by atoms with E-state index in [0.29, 0.717) is 5.39 Å². The molecule has 0 aliphatic rings. The van der Waals surface area contributed by atoms with Crippen molar-refractivity contribution in [2.45, 2.75) is 45.6 Å². The zero-order valence-electron chi connectivity index (χ0n) is 12.8. The lowest BCUT2D eigenvalue weighted by atomic mass is 10.1. The molecule has 4 nitrogen and oxygen atoms in total. The molecule has 0 amide bonds. The van der Waals surface area contributed by atoms with Gasteiger partial charge < -0.3 is 9.67 Å². The molecule has 1 unspecified atom stereocenters. The van der Waals surface area contributed by atoms with Crippen molar-refractivity contribution >= 4 is 39.5 Å². The molecule has 1 N–H and O–H groups in total. The van der Waals surface area contributed by atoms with E-state index in [1.54, 1.807) is 6.07 Å². The summed E-state index contributed by atoms with van der Waals surface area (Å²) in [5.41, 5.74) is 0.248. The minimum absolute atomic E-state index is 0.156. The maximum absolute atomic E-state index is 12.3. The summed E-state index contributed by atoms with van der Waals surface area (Å²) in [6, 6.07) is 5.66. The highest BCUT2D eigenvalue weighted by Gasteiger charge is 2.17. The first-order valence-electron chi connectivity index (χ1n) is 7.53. The molecule has 0 aliphatic carbocycles. The lowest BCUT2D eigenvalue weighted by Gasteiger charge is -2.19. The van der Waals surface area contributed by atoms with Crippen molar-refractivity contribution in [3.8, 4) is 0 Å². The van der Waals surface area contributed by atoms with Crippen LogP contribution in [-0.2, 0) is 0 Å². The second-order valence-corrected chi connectivity index (χ2v) is 6.84. The molecule has 2 rings (SSSR count). The number of aromatic carboxylic acids is 1. The highest BCUT2D eigenvalue weighted by Crippen LogP contribution is 2.23. The summed E-state index contributed by atoms with van der Waals surface area (Å²) in [7, 11) is 0. The van der Waals surface area contributed by atoms with E-state index in [2.05, 4.69) is 36.4 Å². The Morgan fingerprint density at radius 1 is 1.36 bits per heavy atom. The molecule has 22 heavy (non-hydrogen) atoms. The average molecular weight is 413 g/mol. The van der Waals surface area contributed by atoms with E-state index in [1.807, 2.05) is 16.7 Å². The number of fused-ring (bicyclic) bond motifs is 1. The van der Waals surface area contributed by atoms with Gasteiger partial charge in [0, 0.05) is 21.2 Å². The van der Waals surface area contributed by atoms with Crippen molar-refractivity contribution < 1.29 is 9.90 Å². The van der Waals surface area contributed by atoms with Crippen LogP contribution in [0.2, 0.25) is 0 Å². The van der Waals surface area contributed by atoms with E-state index < -0.39 is 11.4 Å². The fourth-order valence-electron chi connectivity index (χ4n) is 2.67. The topological polar surface area (TPSA) is 59.3 Å². The number of nitrogens with zero attached hydrogens (tertiary/aromatic N) is 1. The van der Waals surface area contributed by atoms with E-state index in [-0.39, 0.29) is 11.6 Å². The summed E-state index contributed by atoms with van der Waals surface area (Å²) >= 11 is 2.20. The molecule has 1 aromatic carbocycles. The first kappa shape index (κ1) is 17.0. The molecule has 5 heteroatoms. The van der Waals surface area contributed by atoms with Crippen molar-refractivity contribution in [3.63, 3.8) is 0 Å². The average Bonchev–Trinajstić information content (AvgIpc) is 2.47. The van der Waals surface area contributed by atoms with Gasteiger partial charge in [0.2, 0.25) is 5.43 Å². The van der Waals surface area contributed by atoms with Gasteiger partial charge in [-0.1, -0.05) is 26.2 Å². The van der Waals surface area contributed by atoms with Gasteiger partial charge >= 0.3 is 5.97 Å². The summed E-state index contributed by atoms with van der Waals surface area (Å²) in [5.74, 6) is -1.17. The molecule has 0 aliphatic heterocycles. The number of hydrogen-bond donors (Lipinski definition) is 1. The summed E-state index contributed by atoms with van der Waals surface area (Å²) in [6.07, 6.45) is 5.87. The molecule has 0 fully saturated rings. The number of benzene rings is 1. The first-order chi connectivity index (χ1) is 10.5. The number of carboxylic acid groups (broad SMARTS) is 1. The summed E-state index contributed by atoms with van der Waals surface area (Å²) in [5, 5.41) is 9.76. The number of hydrogen-bond acceptors (Lipinski definition) is 2. The van der Waals surface area contributed by atoms with E-state index in [1.165, 1.54) is 6.20 Å². The van der Waals surface area contributed by atoms with Crippen molar-refractivity contribution in [1.29, 1.82) is 0 Å². The second kappa shape index (κ2) is 7.26. The molecule has 1 aromatic heterocycles. The first-order valence-corrected chi connectivity index (χ1v) is 8.61. The minimum atomic E-state index is -1.17. The Hall–Kier alpha value is -1.37. The van der Waals surface area contributed by atoms with Gasteiger partial charge in [-0.2, -0.15) is 0 Å². The lowest BCUT2D eigenvalue weighted by Crippen LogP contribution is -2.20. The van der Waals surface area contributed by atoms with Crippen molar-refractivity contribution in [2.75, 3.05) is 0 Å². The Kier molecular flexibility index (Phi) is 5.61. The van der Waals surface area contributed by atoms with Crippen LogP contribution in [0.3, 0.4) is 0 Å². The molecular weight excluding hydrogens is 393 g/mol. The number of aromatic nitrogens is 1. The third-order valence-corrected chi connectivity index (χ3v) is 4.60. The number of carboxylic acids is 1. The molecule has 0 saturated carbocycles.